The van der Waals surface area contributed by atoms with Crippen molar-refractivity contribution in [2.24, 2.45) is 0 Å². The van der Waals surface area contributed by atoms with E-state index in [2.05, 4.69) is 36.4 Å². The fourth-order valence-electron chi connectivity index (χ4n) is 1.74. The largest absolute Gasteiger partial charge is 0.328 e. The maximum absolute atomic E-state index is 8.36. The van der Waals surface area contributed by atoms with Crippen LogP contribution in [0.4, 0.5) is 0 Å². The minimum Gasteiger partial charge on any atom is -0.328 e. The van der Waals surface area contributed by atoms with Crippen LogP contribution in [0.25, 0.3) is 21.5 Å². The third-order valence-electron chi connectivity index (χ3n) is 2.44. The van der Waals surface area contributed by atoms with E-state index >= 15 is 0 Å². The summed E-state index contributed by atoms with van der Waals surface area (Å²) >= 11 is 0. The van der Waals surface area contributed by atoms with Gasteiger partial charge in [-0.25, -0.2) is 0 Å². The van der Waals surface area contributed by atoms with Crippen molar-refractivity contribution in [2.45, 2.75) is 0 Å². The van der Waals surface area contributed by atoms with Crippen molar-refractivity contribution in [3.05, 3.63) is 80.9 Å². The summed E-state index contributed by atoms with van der Waals surface area (Å²) < 4.78 is 0. The molecule has 0 saturated heterocycles. The maximum atomic E-state index is 8.36. The molecule has 0 atom stereocenters. The van der Waals surface area contributed by atoms with Gasteiger partial charge in [0.25, 0.3) is 10.2 Å². The van der Waals surface area contributed by atoms with Gasteiger partial charge in [-0.15, -0.1) is 102 Å². The van der Waals surface area contributed by atoms with Gasteiger partial charge in [0, 0.05) is 42.1 Å². The fourth-order valence-corrected chi connectivity index (χ4v) is 1.74. The zero-order valence-corrected chi connectivity index (χ0v) is 16.2. The molecular weight excluding hydrogens is 682 g/mol. The number of benzene rings is 3. The van der Waals surface area contributed by atoms with E-state index in [0.29, 0.717) is 0 Å². The van der Waals surface area contributed by atoms with E-state index in [4.69, 9.17) is 30.6 Å². The molecule has 8 nitrogen and oxygen atoms in total. The number of nitrogens with zero attached hydrogens (tertiary/aromatic N) is 2. The van der Waals surface area contributed by atoms with Crippen LogP contribution in [0.1, 0.15) is 0 Å². The second-order valence-corrected chi connectivity index (χ2v) is 3.84. The monoisotopic (exact) mass is 692 g/mol. The molecule has 24 heavy (non-hydrogen) atoms. The maximum Gasteiger partial charge on any atom is 0.291 e. The van der Waals surface area contributed by atoms with Crippen LogP contribution in [0.15, 0.2) is 48.5 Å². The van der Waals surface area contributed by atoms with Gasteiger partial charge < -0.3 is 10.4 Å². The molecule has 3 rings (SSSR count). The summed E-state index contributed by atoms with van der Waals surface area (Å²) in [5.41, 5.74) is 0. The van der Waals surface area contributed by atoms with E-state index in [0.717, 1.165) is 10.8 Å². The molecular formula is C14H10N2O6Pt2-2. The molecule has 0 spiro atoms. The molecule has 0 radical (unpaired) electrons. The SMILES string of the molecule is O=[N+]([O-])O.O=[N+]([O-])O.[Pt].[Pt].[c-]1cccc2cc3ccc[c-]c3cc12. The molecule has 0 saturated carbocycles. The van der Waals surface area contributed by atoms with E-state index in [1.165, 1.54) is 10.8 Å². The zero-order valence-electron chi connectivity index (χ0n) is 11.7. The summed E-state index contributed by atoms with van der Waals surface area (Å²) in [7, 11) is 0. The van der Waals surface area contributed by atoms with Crippen LogP contribution in [-0.2, 0) is 42.1 Å². The Balaban J connectivity index is 0. The van der Waals surface area contributed by atoms with Crippen LogP contribution in [-0.4, -0.2) is 20.6 Å². The van der Waals surface area contributed by atoms with Gasteiger partial charge in [-0.1, -0.05) is 0 Å². The summed E-state index contributed by atoms with van der Waals surface area (Å²) in [6, 6.07) is 22.9. The van der Waals surface area contributed by atoms with Crippen LogP contribution in [0.3, 0.4) is 0 Å². The number of hydrogen-bond donors (Lipinski definition) is 2. The molecule has 134 valence electrons. The van der Waals surface area contributed by atoms with Crippen LogP contribution < -0.4 is 0 Å². The van der Waals surface area contributed by atoms with Gasteiger partial charge in [-0.05, 0) is 0 Å². The minimum absolute atomic E-state index is 0. The van der Waals surface area contributed by atoms with E-state index in [1.807, 2.05) is 24.3 Å². The quantitative estimate of drug-likeness (QED) is 0.162. The van der Waals surface area contributed by atoms with E-state index in [1.54, 1.807) is 0 Å². The molecule has 0 bridgehead atoms. The molecule has 0 aliphatic carbocycles. The summed E-state index contributed by atoms with van der Waals surface area (Å²) in [6.07, 6.45) is 0. The predicted octanol–water partition coefficient (Wildman–Crippen LogP) is 2.89. The van der Waals surface area contributed by atoms with Crippen molar-refractivity contribution in [3.63, 3.8) is 0 Å². The average molecular weight is 692 g/mol. The number of hydrogen-bond acceptors (Lipinski definition) is 4. The average Bonchev–Trinajstić information content (AvgIpc) is 2.44. The Morgan fingerprint density at radius 1 is 0.792 bits per heavy atom. The molecule has 3 aromatic carbocycles. The molecule has 0 amide bonds. The Morgan fingerprint density at radius 2 is 1.12 bits per heavy atom. The first-order valence-corrected chi connectivity index (χ1v) is 5.77. The molecule has 0 aliphatic rings. The molecule has 0 aliphatic heterocycles. The van der Waals surface area contributed by atoms with Crippen molar-refractivity contribution in [2.75, 3.05) is 0 Å². The van der Waals surface area contributed by atoms with Crippen LogP contribution in [0.5, 0.6) is 0 Å². The van der Waals surface area contributed by atoms with Gasteiger partial charge in [-0.3, -0.25) is 0 Å². The smallest absolute Gasteiger partial charge is 0.291 e. The normalized spacial score (nSPS) is 8.33. The van der Waals surface area contributed by atoms with Crippen LogP contribution in [0.2, 0.25) is 0 Å². The summed E-state index contributed by atoms with van der Waals surface area (Å²) in [6.45, 7) is 0. The first-order chi connectivity index (χ1) is 10.4. The summed E-state index contributed by atoms with van der Waals surface area (Å²) in [5.74, 6) is 0. The van der Waals surface area contributed by atoms with Gasteiger partial charge in [0.15, 0.2) is 0 Å². The standard InChI is InChI=1S/C14H8.2HNO3.2Pt/c1-2-6-12-10-14-8-4-3-7-13(14)9-11(12)5-1;2*2-1(3)4;;/h1-5,7,9-10H;2*(H,2,3,4);;/q-2;;;;. The number of fused-ring (bicyclic) bond motifs is 2. The van der Waals surface area contributed by atoms with Crippen molar-refractivity contribution < 1.29 is 62.7 Å². The first-order valence-electron chi connectivity index (χ1n) is 5.77. The molecule has 0 unspecified atom stereocenters. The Labute approximate surface area is 164 Å². The van der Waals surface area contributed by atoms with Crippen molar-refractivity contribution >= 4 is 21.5 Å². The van der Waals surface area contributed by atoms with Gasteiger partial charge in [0.05, 0.1) is 0 Å². The second-order valence-electron chi connectivity index (χ2n) is 3.84. The topological polar surface area (TPSA) is 127 Å². The van der Waals surface area contributed by atoms with Gasteiger partial charge in [0.1, 0.15) is 0 Å². The predicted molar refractivity (Wildman–Crippen MR) is 76.7 cm³/mol. The second kappa shape index (κ2) is 12.4. The van der Waals surface area contributed by atoms with Crippen molar-refractivity contribution in [3.8, 4) is 0 Å². The summed E-state index contributed by atoms with van der Waals surface area (Å²) in [5, 5.41) is 32.1. The van der Waals surface area contributed by atoms with Crippen LogP contribution in [0, 0.1) is 32.4 Å². The minimum atomic E-state index is -1.50. The summed E-state index contributed by atoms with van der Waals surface area (Å²) in [4.78, 5) is 16.7. The number of rotatable bonds is 0. The van der Waals surface area contributed by atoms with Gasteiger partial charge >= 0.3 is 0 Å². The molecule has 2 N–H and O–H groups in total. The van der Waals surface area contributed by atoms with Crippen molar-refractivity contribution in [1.29, 1.82) is 0 Å². The molecule has 0 fully saturated rings. The van der Waals surface area contributed by atoms with Crippen LogP contribution >= 0.6 is 0 Å². The Morgan fingerprint density at radius 3 is 1.46 bits per heavy atom. The molecule has 3 aromatic rings. The van der Waals surface area contributed by atoms with E-state index < -0.39 is 10.2 Å². The molecule has 0 aromatic heterocycles. The zero-order chi connectivity index (χ0) is 16.5. The third kappa shape index (κ3) is 9.18. The third-order valence-corrected chi connectivity index (χ3v) is 2.44. The van der Waals surface area contributed by atoms with Gasteiger partial charge in [-0.2, -0.15) is 0 Å². The van der Waals surface area contributed by atoms with E-state index in [9.17, 15) is 0 Å². The Kier molecular flexibility index (Phi) is 12.5. The van der Waals surface area contributed by atoms with Gasteiger partial charge in [0.2, 0.25) is 0 Å². The Hall–Kier alpha value is -2.04. The molecule has 0 heterocycles. The first kappa shape index (κ1) is 24.2. The Bertz CT molecular complexity index is 675. The van der Waals surface area contributed by atoms with E-state index in [-0.39, 0.29) is 42.1 Å². The molecule has 10 heteroatoms. The van der Waals surface area contributed by atoms with Crippen molar-refractivity contribution in [1.82, 2.24) is 0 Å². The fraction of sp³-hybridized carbons (Fsp3) is 0.